The van der Waals surface area contributed by atoms with Crippen LogP contribution in [0.4, 0.5) is 0 Å². The number of aromatic nitrogens is 2. The first-order valence-corrected chi connectivity index (χ1v) is 7.92. The van der Waals surface area contributed by atoms with Crippen molar-refractivity contribution >= 4 is 0 Å². The summed E-state index contributed by atoms with van der Waals surface area (Å²) in [7, 11) is 0. The summed E-state index contributed by atoms with van der Waals surface area (Å²) in [6.45, 7) is 4.04. The fraction of sp³-hybridized carbons (Fsp3) is 0.529. The predicted octanol–water partition coefficient (Wildman–Crippen LogP) is 3.59. The van der Waals surface area contributed by atoms with E-state index in [-0.39, 0.29) is 0 Å². The molecule has 2 fully saturated rings. The van der Waals surface area contributed by atoms with Gasteiger partial charge in [-0.2, -0.15) is 0 Å². The van der Waals surface area contributed by atoms with Crippen LogP contribution < -0.4 is 0 Å². The largest absolute Gasteiger partial charge is 0.424 e. The van der Waals surface area contributed by atoms with E-state index in [9.17, 15) is 0 Å². The van der Waals surface area contributed by atoms with Crippen molar-refractivity contribution in [1.29, 1.82) is 0 Å². The van der Waals surface area contributed by atoms with Crippen LogP contribution in [0, 0.1) is 6.92 Å². The Morgan fingerprint density at radius 1 is 1.24 bits per heavy atom. The zero-order valence-corrected chi connectivity index (χ0v) is 12.5. The number of aryl methyl sites for hydroxylation is 1. The first-order chi connectivity index (χ1) is 10.3. The van der Waals surface area contributed by atoms with E-state index in [1.807, 2.05) is 0 Å². The van der Waals surface area contributed by atoms with Crippen LogP contribution in [0.2, 0.25) is 0 Å². The standard InChI is InChI=1S/C17H21N3O/c1-12-4-2-5-14(10-12)15-6-3-9-20(15)11-16-18-19-17(21-16)13-7-8-13/h2,4-5,10,13,15H,3,6-9,11H2,1H3. The molecule has 0 amide bonds. The molecule has 4 rings (SSSR count). The number of hydrogen-bond acceptors (Lipinski definition) is 4. The number of likely N-dealkylation sites (tertiary alicyclic amines) is 1. The molecule has 4 nitrogen and oxygen atoms in total. The van der Waals surface area contributed by atoms with Crippen molar-refractivity contribution in [2.24, 2.45) is 0 Å². The Hall–Kier alpha value is -1.68. The lowest BCUT2D eigenvalue weighted by atomic mass is 10.0. The van der Waals surface area contributed by atoms with Gasteiger partial charge in [0.2, 0.25) is 11.8 Å². The molecule has 1 aromatic carbocycles. The maximum Gasteiger partial charge on any atom is 0.230 e. The van der Waals surface area contributed by atoms with Crippen molar-refractivity contribution in [3.05, 3.63) is 47.2 Å². The third kappa shape index (κ3) is 2.72. The summed E-state index contributed by atoms with van der Waals surface area (Å²) in [5, 5.41) is 8.42. The first kappa shape index (κ1) is 13.0. The van der Waals surface area contributed by atoms with E-state index in [1.54, 1.807) is 0 Å². The molecule has 1 aromatic heterocycles. The normalized spacial score (nSPS) is 22.8. The van der Waals surface area contributed by atoms with Gasteiger partial charge in [0.25, 0.3) is 0 Å². The highest BCUT2D eigenvalue weighted by Gasteiger charge is 2.31. The van der Waals surface area contributed by atoms with Gasteiger partial charge >= 0.3 is 0 Å². The second-order valence-corrected chi connectivity index (χ2v) is 6.35. The summed E-state index contributed by atoms with van der Waals surface area (Å²) in [6.07, 6.45) is 4.86. The molecule has 1 atom stereocenters. The average Bonchev–Trinajstić information content (AvgIpc) is 3.05. The van der Waals surface area contributed by atoms with Crippen LogP contribution in [0.1, 0.15) is 60.6 Å². The monoisotopic (exact) mass is 283 g/mol. The van der Waals surface area contributed by atoms with Gasteiger partial charge < -0.3 is 4.42 Å². The number of benzene rings is 1. The van der Waals surface area contributed by atoms with Gasteiger partial charge in [0, 0.05) is 12.0 Å². The highest BCUT2D eigenvalue weighted by atomic mass is 16.4. The second-order valence-electron chi connectivity index (χ2n) is 6.35. The fourth-order valence-electron chi connectivity index (χ4n) is 3.27. The predicted molar refractivity (Wildman–Crippen MR) is 79.8 cm³/mol. The third-order valence-electron chi connectivity index (χ3n) is 4.54. The average molecular weight is 283 g/mol. The molecule has 1 saturated heterocycles. The Kier molecular flexibility index (Phi) is 3.26. The van der Waals surface area contributed by atoms with Crippen molar-refractivity contribution in [2.45, 2.75) is 51.1 Å². The van der Waals surface area contributed by atoms with E-state index in [0.29, 0.717) is 12.0 Å². The molecule has 0 bridgehead atoms. The Morgan fingerprint density at radius 3 is 2.95 bits per heavy atom. The van der Waals surface area contributed by atoms with Crippen molar-refractivity contribution in [3.63, 3.8) is 0 Å². The molecule has 21 heavy (non-hydrogen) atoms. The summed E-state index contributed by atoms with van der Waals surface area (Å²) in [5.74, 6) is 2.16. The molecule has 1 saturated carbocycles. The van der Waals surface area contributed by atoms with Gasteiger partial charge in [0.1, 0.15) is 0 Å². The van der Waals surface area contributed by atoms with Crippen LogP contribution in [0.15, 0.2) is 28.7 Å². The van der Waals surface area contributed by atoms with Crippen molar-refractivity contribution in [1.82, 2.24) is 15.1 Å². The van der Waals surface area contributed by atoms with Gasteiger partial charge in [0.05, 0.1) is 6.54 Å². The lowest BCUT2D eigenvalue weighted by molar-refractivity contribution is 0.221. The molecule has 1 unspecified atom stereocenters. The SMILES string of the molecule is Cc1cccc(C2CCCN2Cc2nnc(C3CC3)o2)c1. The maximum absolute atomic E-state index is 5.81. The van der Waals surface area contributed by atoms with Crippen LogP contribution in [-0.2, 0) is 6.54 Å². The Morgan fingerprint density at radius 2 is 2.14 bits per heavy atom. The topological polar surface area (TPSA) is 42.2 Å². The van der Waals surface area contributed by atoms with Gasteiger partial charge in [-0.15, -0.1) is 10.2 Å². The van der Waals surface area contributed by atoms with E-state index in [0.717, 1.165) is 24.9 Å². The van der Waals surface area contributed by atoms with Crippen molar-refractivity contribution in [2.75, 3.05) is 6.54 Å². The van der Waals surface area contributed by atoms with Gasteiger partial charge in [-0.3, -0.25) is 4.90 Å². The van der Waals surface area contributed by atoms with Crippen LogP contribution >= 0.6 is 0 Å². The van der Waals surface area contributed by atoms with E-state index in [1.165, 1.54) is 36.8 Å². The van der Waals surface area contributed by atoms with Crippen LogP contribution in [0.25, 0.3) is 0 Å². The molecule has 1 aliphatic heterocycles. The van der Waals surface area contributed by atoms with E-state index in [2.05, 4.69) is 46.3 Å². The summed E-state index contributed by atoms with van der Waals surface area (Å²) in [4.78, 5) is 2.47. The van der Waals surface area contributed by atoms with Crippen molar-refractivity contribution in [3.8, 4) is 0 Å². The minimum Gasteiger partial charge on any atom is -0.424 e. The molecule has 0 radical (unpaired) electrons. The van der Waals surface area contributed by atoms with Crippen LogP contribution in [0.5, 0.6) is 0 Å². The maximum atomic E-state index is 5.81. The van der Waals surface area contributed by atoms with Gasteiger partial charge in [0.15, 0.2) is 0 Å². The molecular weight excluding hydrogens is 262 g/mol. The molecule has 2 aromatic rings. The molecule has 2 aliphatic rings. The van der Waals surface area contributed by atoms with Crippen LogP contribution in [0.3, 0.4) is 0 Å². The van der Waals surface area contributed by atoms with Crippen LogP contribution in [-0.4, -0.2) is 21.6 Å². The molecule has 4 heteroatoms. The lowest BCUT2D eigenvalue weighted by Gasteiger charge is -2.23. The number of hydrogen-bond donors (Lipinski definition) is 0. The van der Waals surface area contributed by atoms with Gasteiger partial charge in [-0.1, -0.05) is 29.8 Å². The summed E-state index contributed by atoms with van der Waals surface area (Å²) >= 11 is 0. The molecule has 1 aliphatic carbocycles. The minimum atomic E-state index is 0.487. The number of nitrogens with zero attached hydrogens (tertiary/aromatic N) is 3. The van der Waals surface area contributed by atoms with Crippen molar-refractivity contribution < 1.29 is 4.42 Å². The molecule has 110 valence electrons. The van der Waals surface area contributed by atoms with E-state index < -0.39 is 0 Å². The van der Waals surface area contributed by atoms with E-state index >= 15 is 0 Å². The summed E-state index contributed by atoms with van der Waals surface area (Å²) in [5.41, 5.74) is 2.74. The smallest absolute Gasteiger partial charge is 0.230 e. The minimum absolute atomic E-state index is 0.487. The second kappa shape index (κ2) is 5.26. The molecule has 0 spiro atoms. The molecular formula is C17H21N3O. The Bertz CT molecular complexity index is 632. The fourth-order valence-corrected chi connectivity index (χ4v) is 3.27. The summed E-state index contributed by atoms with van der Waals surface area (Å²) < 4.78 is 5.81. The Balaban J connectivity index is 1.50. The summed E-state index contributed by atoms with van der Waals surface area (Å²) in [6, 6.07) is 9.33. The molecule has 0 N–H and O–H groups in total. The Labute approximate surface area is 125 Å². The highest BCUT2D eigenvalue weighted by molar-refractivity contribution is 5.25. The number of rotatable bonds is 4. The zero-order valence-electron chi connectivity index (χ0n) is 12.5. The zero-order chi connectivity index (χ0) is 14.2. The van der Waals surface area contributed by atoms with E-state index in [4.69, 9.17) is 4.42 Å². The van der Waals surface area contributed by atoms with Gasteiger partial charge in [-0.25, -0.2) is 0 Å². The van der Waals surface area contributed by atoms with Gasteiger partial charge in [-0.05, 0) is 44.7 Å². The first-order valence-electron chi connectivity index (χ1n) is 7.92. The quantitative estimate of drug-likeness (QED) is 0.860. The lowest BCUT2D eigenvalue weighted by Crippen LogP contribution is -2.23. The molecule has 2 heterocycles. The third-order valence-corrected chi connectivity index (χ3v) is 4.54. The highest BCUT2D eigenvalue weighted by Crippen LogP contribution is 2.39.